The highest BCUT2D eigenvalue weighted by Gasteiger charge is 2.48. The van der Waals surface area contributed by atoms with Crippen molar-refractivity contribution in [3.63, 3.8) is 0 Å². The summed E-state index contributed by atoms with van der Waals surface area (Å²) in [5.41, 5.74) is 0.491. The summed E-state index contributed by atoms with van der Waals surface area (Å²) in [6, 6.07) is 7.65. The first-order chi connectivity index (χ1) is 15.2. The quantitative estimate of drug-likeness (QED) is 0.692. The van der Waals surface area contributed by atoms with Gasteiger partial charge in [-0.05, 0) is 61.8 Å². The van der Waals surface area contributed by atoms with Crippen LogP contribution in [0.4, 0.5) is 0 Å². The Morgan fingerprint density at radius 3 is 2.66 bits per heavy atom. The monoisotopic (exact) mass is 439 g/mol. The summed E-state index contributed by atoms with van der Waals surface area (Å²) in [6.07, 6.45) is 5.83. The maximum atomic E-state index is 13.8. The minimum absolute atomic E-state index is 0.0506. The number of amides is 2. The lowest BCUT2D eigenvalue weighted by molar-refractivity contribution is -0.134. The van der Waals surface area contributed by atoms with Gasteiger partial charge in [0.25, 0.3) is 5.91 Å². The Hall–Kier alpha value is -2.50. The highest BCUT2D eigenvalue weighted by molar-refractivity contribution is 6.00. The number of hydrogen-bond donors (Lipinski definition) is 1. The lowest BCUT2D eigenvalue weighted by atomic mass is 9.77. The first kappa shape index (κ1) is 22.7. The van der Waals surface area contributed by atoms with E-state index in [0.29, 0.717) is 42.3 Å². The molecule has 3 heterocycles. The van der Waals surface area contributed by atoms with Crippen molar-refractivity contribution in [3.8, 4) is 11.5 Å². The van der Waals surface area contributed by atoms with Crippen molar-refractivity contribution >= 4 is 11.8 Å². The van der Waals surface area contributed by atoms with Crippen LogP contribution in [0.1, 0.15) is 70.8 Å². The number of hydrogen-bond acceptors (Lipinski definition) is 3. The predicted octanol–water partition coefficient (Wildman–Crippen LogP) is 4.95. The third-order valence-electron chi connectivity index (χ3n) is 7.72. The van der Waals surface area contributed by atoms with Crippen LogP contribution in [-0.2, 0) is 11.3 Å². The molecule has 6 heteroatoms. The van der Waals surface area contributed by atoms with Crippen LogP contribution < -0.4 is 5.32 Å². The van der Waals surface area contributed by atoms with Crippen LogP contribution in [-0.4, -0.2) is 39.4 Å². The number of rotatable bonds is 6. The average Bonchev–Trinajstić information content (AvgIpc) is 3.40. The molecule has 2 aromatic rings. The summed E-state index contributed by atoms with van der Waals surface area (Å²) in [4.78, 5) is 29.3. The first-order valence-corrected chi connectivity index (χ1v) is 12.1. The van der Waals surface area contributed by atoms with Crippen LogP contribution in [0.15, 0.2) is 34.9 Å². The van der Waals surface area contributed by atoms with E-state index >= 15 is 0 Å². The number of nitrogens with one attached hydrogen (secondary N) is 1. The van der Waals surface area contributed by atoms with E-state index in [1.165, 1.54) is 6.42 Å². The van der Waals surface area contributed by atoms with Crippen LogP contribution in [0.5, 0.6) is 0 Å². The molecule has 1 saturated carbocycles. The van der Waals surface area contributed by atoms with Gasteiger partial charge in [0, 0.05) is 12.6 Å². The van der Waals surface area contributed by atoms with Gasteiger partial charge in [-0.2, -0.15) is 0 Å². The first-order valence-electron chi connectivity index (χ1n) is 12.1. The fraction of sp³-hybridized carbons (Fsp3) is 0.615. The zero-order chi connectivity index (χ0) is 23.0. The SMILES string of the molecule is CC(C)CCN1C(=O)c2ccc(-c3ccco3)n2C[C@]1(C)C(=O)N[C@@H]1CCC[C@@H](C)[C@H]1C. The molecule has 1 fully saturated rings. The van der Waals surface area contributed by atoms with E-state index in [0.717, 1.165) is 25.0 Å². The zero-order valence-electron chi connectivity index (χ0n) is 20.1. The zero-order valence-corrected chi connectivity index (χ0v) is 20.1. The van der Waals surface area contributed by atoms with Gasteiger partial charge < -0.3 is 19.2 Å². The standard InChI is InChI=1S/C26H37N3O3/c1-17(2)13-14-29-24(30)22-12-11-21(23-10-7-15-32-23)28(22)16-26(29,5)25(31)27-20-9-6-8-18(3)19(20)4/h7,10-12,15,17-20H,6,8-9,13-14,16H2,1-5H3,(H,27,31)/t18-,19-,20-,26-/m1/s1. The number of nitrogens with zero attached hydrogens (tertiary/aromatic N) is 2. The molecule has 0 radical (unpaired) electrons. The minimum Gasteiger partial charge on any atom is -0.463 e. The fourth-order valence-electron chi connectivity index (χ4n) is 5.26. The van der Waals surface area contributed by atoms with Gasteiger partial charge in [-0.25, -0.2) is 0 Å². The van der Waals surface area contributed by atoms with Crippen molar-refractivity contribution in [3.05, 3.63) is 36.2 Å². The molecule has 0 bridgehead atoms. The van der Waals surface area contributed by atoms with Crippen LogP contribution in [0.3, 0.4) is 0 Å². The minimum atomic E-state index is -0.959. The van der Waals surface area contributed by atoms with Crippen LogP contribution in [0, 0.1) is 17.8 Å². The number of furan rings is 1. The molecule has 2 aromatic heterocycles. The molecule has 1 aliphatic carbocycles. The van der Waals surface area contributed by atoms with Crippen LogP contribution >= 0.6 is 0 Å². The normalized spacial score (nSPS) is 28.1. The van der Waals surface area contributed by atoms with Gasteiger partial charge in [-0.1, -0.05) is 40.5 Å². The molecule has 0 unspecified atom stereocenters. The van der Waals surface area contributed by atoms with E-state index in [4.69, 9.17) is 4.42 Å². The maximum absolute atomic E-state index is 13.8. The lowest BCUT2D eigenvalue weighted by Crippen LogP contribution is -2.65. The Kier molecular flexibility index (Phi) is 6.24. The molecule has 4 rings (SSSR count). The molecule has 2 amide bonds. The van der Waals surface area contributed by atoms with Crippen LogP contribution in [0.25, 0.3) is 11.5 Å². The van der Waals surface area contributed by atoms with Gasteiger partial charge in [-0.3, -0.25) is 9.59 Å². The molecule has 1 N–H and O–H groups in total. The third-order valence-corrected chi connectivity index (χ3v) is 7.72. The smallest absolute Gasteiger partial charge is 0.271 e. The molecular formula is C26H37N3O3. The molecule has 0 spiro atoms. The van der Waals surface area contributed by atoms with E-state index in [-0.39, 0.29) is 17.9 Å². The van der Waals surface area contributed by atoms with Gasteiger partial charge in [0.1, 0.15) is 17.0 Å². The van der Waals surface area contributed by atoms with Crippen molar-refractivity contribution < 1.29 is 14.0 Å². The summed E-state index contributed by atoms with van der Waals surface area (Å²) < 4.78 is 7.57. The highest BCUT2D eigenvalue weighted by Crippen LogP contribution is 2.35. The number of aromatic nitrogens is 1. The van der Waals surface area contributed by atoms with Crippen molar-refractivity contribution in [1.82, 2.24) is 14.8 Å². The number of carbonyl (C=O) groups excluding carboxylic acids is 2. The Morgan fingerprint density at radius 2 is 1.97 bits per heavy atom. The van der Waals surface area contributed by atoms with Crippen molar-refractivity contribution in [2.75, 3.05) is 6.54 Å². The summed E-state index contributed by atoms with van der Waals surface area (Å²) in [5, 5.41) is 3.36. The average molecular weight is 440 g/mol. The second kappa shape index (κ2) is 8.80. The molecule has 32 heavy (non-hydrogen) atoms. The van der Waals surface area contributed by atoms with Gasteiger partial charge in [-0.15, -0.1) is 0 Å². The Balaban J connectivity index is 1.68. The predicted molar refractivity (Wildman–Crippen MR) is 125 cm³/mol. The van der Waals surface area contributed by atoms with Gasteiger partial charge in [0.05, 0.1) is 18.5 Å². The largest absolute Gasteiger partial charge is 0.463 e. The Morgan fingerprint density at radius 1 is 1.22 bits per heavy atom. The van der Waals surface area contributed by atoms with E-state index in [1.807, 2.05) is 35.8 Å². The molecule has 4 atom stereocenters. The Bertz CT molecular complexity index is 961. The molecule has 0 saturated heterocycles. The molecule has 6 nitrogen and oxygen atoms in total. The maximum Gasteiger partial charge on any atom is 0.271 e. The topological polar surface area (TPSA) is 67.5 Å². The summed E-state index contributed by atoms with van der Waals surface area (Å²) in [6.45, 7) is 11.7. The highest BCUT2D eigenvalue weighted by atomic mass is 16.3. The summed E-state index contributed by atoms with van der Waals surface area (Å²) in [7, 11) is 0. The van der Waals surface area contributed by atoms with Crippen molar-refractivity contribution in [1.29, 1.82) is 0 Å². The number of fused-ring (bicyclic) bond motifs is 1. The lowest BCUT2D eigenvalue weighted by Gasteiger charge is -2.46. The molecule has 0 aromatic carbocycles. The fourth-order valence-corrected chi connectivity index (χ4v) is 5.26. The number of carbonyl (C=O) groups is 2. The second-order valence-electron chi connectivity index (χ2n) is 10.4. The van der Waals surface area contributed by atoms with E-state index in [1.54, 1.807) is 11.2 Å². The van der Waals surface area contributed by atoms with Crippen LogP contribution in [0.2, 0.25) is 0 Å². The second-order valence-corrected chi connectivity index (χ2v) is 10.4. The summed E-state index contributed by atoms with van der Waals surface area (Å²) in [5.74, 6) is 2.04. The molecule has 174 valence electrons. The van der Waals surface area contributed by atoms with Crippen molar-refractivity contribution in [2.45, 2.75) is 78.4 Å². The van der Waals surface area contributed by atoms with Gasteiger partial charge in [0.15, 0.2) is 0 Å². The van der Waals surface area contributed by atoms with Gasteiger partial charge >= 0.3 is 0 Å². The van der Waals surface area contributed by atoms with E-state index in [9.17, 15) is 9.59 Å². The summed E-state index contributed by atoms with van der Waals surface area (Å²) >= 11 is 0. The van der Waals surface area contributed by atoms with Gasteiger partial charge in [0.2, 0.25) is 5.91 Å². The van der Waals surface area contributed by atoms with E-state index in [2.05, 4.69) is 33.0 Å². The molecular weight excluding hydrogens is 402 g/mol. The third kappa shape index (κ3) is 4.00. The molecule has 1 aliphatic heterocycles. The van der Waals surface area contributed by atoms with Crippen molar-refractivity contribution in [2.24, 2.45) is 17.8 Å². The van der Waals surface area contributed by atoms with E-state index < -0.39 is 5.54 Å². The molecule has 2 aliphatic rings. The Labute approximate surface area is 191 Å².